The SMILES string of the molecule is NC1C2CCC(C2)C1C(=O)N1CCC(Nc2ccc([N+](=O)[O-])cn2)C1. The summed E-state index contributed by atoms with van der Waals surface area (Å²) in [6, 6.07) is 3.18. The summed E-state index contributed by atoms with van der Waals surface area (Å²) in [5, 5.41) is 13.9. The lowest BCUT2D eigenvalue weighted by atomic mass is 9.84. The maximum atomic E-state index is 12.9. The first-order valence-electron chi connectivity index (χ1n) is 8.94. The fourth-order valence-electron chi connectivity index (χ4n) is 4.78. The number of nitro groups is 1. The fourth-order valence-corrected chi connectivity index (χ4v) is 4.78. The number of nitrogens with zero attached hydrogens (tertiary/aromatic N) is 3. The Labute approximate surface area is 145 Å². The molecule has 3 fully saturated rings. The number of nitrogens with one attached hydrogen (secondary N) is 1. The molecule has 1 aliphatic heterocycles. The summed E-state index contributed by atoms with van der Waals surface area (Å²) in [7, 11) is 0. The van der Waals surface area contributed by atoms with Gasteiger partial charge in [0.25, 0.3) is 5.69 Å². The van der Waals surface area contributed by atoms with Gasteiger partial charge in [-0.2, -0.15) is 0 Å². The lowest BCUT2D eigenvalue weighted by molar-refractivity contribution is -0.385. The molecule has 1 amide bonds. The van der Waals surface area contributed by atoms with Gasteiger partial charge in [0.15, 0.2) is 0 Å². The van der Waals surface area contributed by atoms with Crippen LogP contribution in [0.25, 0.3) is 0 Å². The van der Waals surface area contributed by atoms with Gasteiger partial charge in [-0.05, 0) is 43.6 Å². The number of aromatic nitrogens is 1. The number of nitrogens with two attached hydrogens (primary N) is 1. The summed E-state index contributed by atoms with van der Waals surface area (Å²) in [4.78, 5) is 29.1. The van der Waals surface area contributed by atoms with E-state index in [0.717, 1.165) is 25.8 Å². The molecule has 25 heavy (non-hydrogen) atoms. The number of pyridine rings is 1. The molecule has 0 radical (unpaired) electrons. The first kappa shape index (κ1) is 16.3. The molecule has 134 valence electrons. The van der Waals surface area contributed by atoms with Crippen molar-refractivity contribution in [2.75, 3.05) is 18.4 Å². The van der Waals surface area contributed by atoms with Crippen LogP contribution in [0.2, 0.25) is 0 Å². The van der Waals surface area contributed by atoms with Gasteiger partial charge in [-0.1, -0.05) is 0 Å². The molecule has 2 heterocycles. The lowest BCUT2D eigenvalue weighted by Gasteiger charge is -2.30. The van der Waals surface area contributed by atoms with Crippen molar-refractivity contribution in [2.24, 2.45) is 23.5 Å². The van der Waals surface area contributed by atoms with Crippen LogP contribution in [0.3, 0.4) is 0 Å². The van der Waals surface area contributed by atoms with Gasteiger partial charge in [0, 0.05) is 31.2 Å². The molecule has 2 aliphatic carbocycles. The van der Waals surface area contributed by atoms with E-state index in [1.807, 2.05) is 4.90 Å². The Bertz CT molecular complexity index is 677. The summed E-state index contributed by atoms with van der Waals surface area (Å²) >= 11 is 0. The molecule has 1 aromatic heterocycles. The second-order valence-electron chi connectivity index (χ2n) is 7.51. The molecule has 3 N–H and O–H groups in total. The number of fused-ring (bicyclic) bond motifs is 2. The minimum Gasteiger partial charge on any atom is -0.365 e. The Kier molecular flexibility index (Phi) is 4.07. The van der Waals surface area contributed by atoms with Crippen molar-refractivity contribution in [1.82, 2.24) is 9.88 Å². The van der Waals surface area contributed by atoms with Gasteiger partial charge in [-0.15, -0.1) is 0 Å². The monoisotopic (exact) mass is 345 g/mol. The number of hydrogen-bond donors (Lipinski definition) is 2. The average molecular weight is 345 g/mol. The summed E-state index contributed by atoms with van der Waals surface area (Å²) in [6.07, 6.45) is 5.51. The van der Waals surface area contributed by atoms with Crippen molar-refractivity contribution >= 4 is 17.4 Å². The van der Waals surface area contributed by atoms with E-state index in [1.165, 1.54) is 18.7 Å². The highest BCUT2D eigenvalue weighted by atomic mass is 16.6. The van der Waals surface area contributed by atoms with Gasteiger partial charge >= 0.3 is 0 Å². The zero-order valence-electron chi connectivity index (χ0n) is 14.0. The van der Waals surface area contributed by atoms with E-state index < -0.39 is 4.92 Å². The van der Waals surface area contributed by atoms with Crippen LogP contribution in [0.15, 0.2) is 18.3 Å². The third kappa shape index (κ3) is 2.95. The molecule has 8 heteroatoms. The molecule has 8 nitrogen and oxygen atoms in total. The van der Waals surface area contributed by atoms with E-state index in [1.54, 1.807) is 6.07 Å². The van der Waals surface area contributed by atoms with Gasteiger partial charge in [-0.3, -0.25) is 14.9 Å². The van der Waals surface area contributed by atoms with Crippen LogP contribution in [0.5, 0.6) is 0 Å². The highest BCUT2D eigenvalue weighted by Gasteiger charge is 2.50. The zero-order chi connectivity index (χ0) is 17.6. The average Bonchev–Trinajstić information content (AvgIpc) is 3.31. The predicted molar refractivity (Wildman–Crippen MR) is 91.8 cm³/mol. The largest absolute Gasteiger partial charge is 0.365 e. The molecule has 0 spiro atoms. The number of amides is 1. The Morgan fingerprint density at radius 2 is 2.12 bits per heavy atom. The maximum Gasteiger partial charge on any atom is 0.287 e. The van der Waals surface area contributed by atoms with E-state index in [0.29, 0.717) is 24.2 Å². The van der Waals surface area contributed by atoms with Gasteiger partial charge < -0.3 is 16.0 Å². The molecule has 5 atom stereocenters. The van der Waals surface area contributed by atoms with Crippen LogP contribution in [0.4, 0.5) is 11.5 Å². The minimum atomic E-state index is -0.467. The first-order chi connectivity index (χ1) is 12.0. The molecule has 2 bridgehead atoms. The Hall–Kier alpha value is -2.22. The van der Waals surface area contributed by atoms with Crippen molar-refractivity contribution < 1.29 is 9.72 Å². The van der Waals surface area contributed by atoms with Crippen molar-refractivity contribution in [2.45, 2.75) is 37.8 Å². The predicted octanol–water partition coefficient (Wildman–Crippen LogP) is 1.38. The number of anilines is 1. The smallest absolute Gasteiger partial charge is 0.287 e. The van der Waals surface area contributed by atoms with Gasteiger partial charge in [-0.25, -0.2) is 4.98 Å². The normalized spacial score (nSPS) is 33.6. The molecule has 4 rings (SSSR count). The van der Waals surface area contributed by atoms with E-state index >= 15 is 0 Å². The molecule has 1 aromatic rings. The summed E-state index contributed by atoms with van der Waals surface area (Å²) in [5.41, 5.74) is 6.27. The van der Waals surface area contributed by atoms with E-state index in [9.17, 15) is 14.9 Å². The van der Waals surface area contributed by atoms with Crippen LogP contribution in [-0.4, -0.2) is 45.9 Å². The van der Waals surface area contributed by atoms with Crippen molar-refractivity contribution in [3.63, 3.8) is 0 Å². The second-order valence-corrected chi connectivity index (χ2v) is 7.51. The maximum absolute atomic E-state index is 12.9. The highest BCUT2D eigenvalue weighted by Crippen LogP contribution is 2.48. The molecule has 0 aromatic carbocycles. The van der Waals surface area contributed by atoms with Crippen LogP contribution in [-0.2, 0) is 4.79 Å². The van der Waals surface area contributed by atoms with Gasteiger partial charge in [0.2, 0.25) is 5.91 Å². The van der Waals surface area contributed by atoms with Crippen LogP contribution in [0, 0.1) is 27.9 Å². The van der Waals surface area contributed by atoms with Crippen LogP contribution < -0.4 is 11.1 Å². The zero-order valence-corrected chi connectivity index (χ0v) is 14.0. The first-order valence-corrected chi connectivity index (χ1v) is 8.94. The Morgan fingerprint density at radius 3 is 2.76 bits per heavy atom. The number of likely N-dealkylation sites (tertiary alicyclic amines) is 1. The Morgan fingerprint density at radius 1 is 1.32 bits per heavy atom. The van der Waals surface area contributed by atoms with Crippen molar-refractivity contribution in [1.29, 1.82) is 0 Å². The number of rotatable bonds is 4. The minimum absolute atomic E-state index is 0.00463. The summed E-state index contributed by atoms with van der Waals surface area (Å²) in [5.74, 6) is 1.80. The third-order valence-electron chi connectivity index (χ3n) is 6.08. The van der Waals surface area contributed by atoms with Crippen LogP contribution in [0.1, 0.15) is 25.7 Å². The van der Waals surface area contributed by atoms with Gasteiger partial charge in [0.1, 0.15) is 12.0 Å². The lowest BCUT2D eigenvalue weighted by Crippen LogP contribution is -2.46. The molecule has 2 saturated carbocycles. The van der Waals surface area contributed by atoms with E-state index in [4.69, 9.17) is 5.73 Å². The van der Waals surface area contributed by atoms with Crippen molar-refractivity contribution in [3.8, 4) is 0 Å². The number of carbonyl (C=O) groups excluding carboxylic acids is 1. The van der Waals surface area contributed by atoms with Crippen molar-refractivity contribution in [3.05, 3.63) is 28.4 Å². The van der Waals surface area contributed by atoms with Gasteiger partial charge in [0.05, 0.1) is 10.8 Å². The topological polar surface area (TPSA) is 114 Å². The molecule has 1 saturated heterocycles. The second kappa shape index (κ2) is 6.25. The van der Waals surface area contributed by atoms with Crippen LogP contribution >= 0.6 is 0 Å². The summed E-state index contributed by atoms with van der Waals surface area (Å²) < 4.78 is 0. The summed E-state index contributed by atoms with van der Waals surface area (Å²) in [6.45, 7) is 1.36. The number of carbonyl (C=O) groups is 1. The van der Waals surface area contributed by atoms with E-state index in [2.05, 4.69) is 10.3 Å². The van der Waals surface area contributed by atoms with E-state index in [-0.39, 0.29) is 29.6 Å². The Balaban J connectivity index is 1.35. The molecular weight excluding hydrogens is 322 g/mol. The molecule has 5 unspecified atom stereocenters. The quantitative estimate of drug-likeness (QED) is 0.629. The number of hydrogen-bond acceptors (Lipinski definition) is 6. The molecular formula is C17H23N5O3. The third-order valence-corrected chi connectivity index (χ3v) is 6.08. The highest BCUT2D eigenvalue weighted by molar-refractivity contribution is 5.81. The fraction of sp³-hybridized carbons (Fsp3) is 0.647. The molecule has 3 aliphatic rings. The standard InChI is InChI=1S/C17H23N5O3/c18-16-11-2-1-10(7-11)15(16)17(23)21-6-5-12(9-21)20-14-4-3-13(8-19-14)22(24)25/h3-4,8,10-12,15-16H,1-2,5-7,9,18H2,(H,19,20).